The molecule has 2 amide bonds. The number of aryl methyl sites for hydroxylation is 1. The average molecular weight is 631 g/mol. The second kappa shape index (κ2) is 14.4. The smallest absolute Gasteiger partial charge is 0.244 e. The molecule has 3 aromatic carbocycles. The van der Waals surface area contributed by atoms with Crippen LogP contribution in [0.2, 0.25) is 10.0 Å². The summed E-state index contributed by atoms with van der Waals surface area (Å²) < 4.78 is 27.1. The summed E-state index contributed by atoms with van der Waals surface area (Å²) in [7, 11) is -3.89. The Morgan fingerprint density at radius 3 is 2.24 bits per heavy atom. The number of anilines is 1. The first-order valence-corrected chi connectivity index (χ1v) is 16.7. The van der Waals surface area contributed by atoms with Gasteiger partial charge < -0.3 is 10.2 Å². The molecule has 0 radical (unpaired) electrons. The molecule has 0 saturated heterocycles. The van der Waals surface area contributed by atoms with Gasteiger partial charge in [0.25, 0.3) is 0 Å². The van der Waals surface area contributed by atoms with E-state index in [4.69, 9.17) is 23.2 Å². The van der Waals surface area contributed by atoms with Crippen molar-refractivity contribution in [3.05, 3.63) is 99.5 Å². The third-order valence-corrected chi connectivity index (χ3v) is 9.18. The predicted octanol–water partition coefficient (Wildman–Crippen LogP) is 6.16. The van der Waals surface area contributed by atoms with Gasteiger partial charge in [-0.2, -0.15) is 0 Å². The Morgan fingerprint density at radius 1 is 0.905 bits per heavy atom. The van der Waals surface area contributed by atoms with Crippen LogP contribution in [-0.4, -0.2) is 50.0 Å². The first kappa shape index (κ1) is 31.9. The van der Waals surface area contributed by atoms with Gasteiger partial charge in [0.1, 0.15) is 12.6 Å². The molecule has 1 atom stereocenters. The summed E-state index contributed by atoms with van der Waals surface area (Å²) in [5, 5.41) is 4.04. The van der Waals surface area contributed by atoms with Crippen molar-refractivity contribution in [2.75, 3.05) is 17.1 Å². The summed E-state index contributed by atoms with van der Waals surface area (Å²) in [6, 6.07) is 20.7. The molecule has 1 saturated carbocycles. The van der Waals surface area contributed by atoms with Crippen molar-refractivity contribution >= 4 is 50.7 Å². The SMILES string of the molecule is Cc1ccc(Cl)cc1N(CC(=O)N(Cc1cccc(Cl)c1)C(Cc1ccccc1)C(=O)NC1CCCCC1)S(C)(=O)=O. The van der Waals surface area contributed by atoms with Gasteiger partial charge in [0.2, 0.25) is 21.8 Å². The monoisotopic (exact) mass is 629 g/mol. The number of carbonyl (C=O) groups excluding carboxylic acids is 2. The molecule has 0 spiro atoms. The molecule has 3 aromatic rings. The molecule has 0 aromatic heterocycles. The van der Waals surface area contributed by atoms with Crippen LogP contribution >= 0.6 is 23.2 Å². The van der Waals surface area contributed by atoms with Crippen LogP contribution in [0.3, 0.4) is 0 Å². The highest BCUT2D eigenvalue weighted by molar-refractivity contribution is 7.92. The van der Waals surface area contributed by atoms with Gasteiger partial charge >= 0.3 is 0 Å². The van der Waals surface area contributed by atoms with E-state index in [1.165, 1.54) is 11.0 Å². The second-order valence-electron chi connectivity index (χ2n) is 10.9. The minimum atomic E-state index is -3.89. The first-order valence-electron chi connectivity index (χ1n) is 14.1. The van der Waals surface area contributed by atoms with Crippen LogP contribution in [0, 0.1) is 6.92 Å². The lowest BCUT2D eigenvalue weighted by atomic mass is 9.94. The second-order valence-corrected chi connectivity index (χ2v) is 13.7. The van der Waals surface area contributed by atoms with Crippen molar-refractivity contribution < 1.29 is 18.0 Å². The summed E-state index contributed by atoms with van der Waals surface area (Å²) in [5.41, 5.74) is 2.57. The molecule has 0 aliphatic heterocycles. The van der Waals surface area contributed by atoms with Crippen LogP contribution in [0.5, 0.6) is 0 Å². The van der Waals surface area contributed by atoms with Crippen molar-refractivity contribution in [1.29, 1.82) is 0 Å². The van der Waals surface area contributed by atoms with Crippen LogP contribution in [0.25, 0.3) is 0 Å². The normalized spacial score (nSPS) is 14.7. The largest absolute Gasteiger partial charge is 0.352 e. The number of carbonyl (C=O) groups is 2. The first-order chi connectivity index (χ1) is 20.0. The Morgan fingerprint density at radius 2 is 1.57 bits per heavy atom. The molecule has 0 bridgehead atoms. The van der Waals surface area contributed by atoms with E-state index in [9.17, 15) is 18.0 Å². The van der Waals surface area contributed by atoms with Crippen LogP contribution in [-0.2, 0) is 32.6 Å². The molecule has 42 heavy (non-hydrogen) atoms. The lowest BCUT2D eigenvalue weighted by molar-refractivity contribution is -0.140. The molecule has 1 unspecified atom stereocenters. The Bertz CT molecular complexity index is 1490. The molecule has 4 rings (SSSR count). The summed E-state index contributed by atoms with van der Waals surface area (Å²) in [5.74, 6) is -0.773. The zero-order chi connectivity index (χ0) is 30.3. The third kappa shape index (κ3) is 8.72. The standard InChI is InChI=1S/C32H37Cl2N3O4S/c1-23-16-17-27(34)20-29(23)37(42(2,40)41)22-31(38)36(21-25-12-9-13-26(33)18-25)30(19-24-10-5-3-6-11-24)32(39)35-28-14-7-4-8-15-28/h3,5-6,9-13,16-18,20,28,30H,4,7-8,14-15,19,21-22H2,1-2H3,(H,35,39). The lowest BCUT2D eigenvalue weighted by Gasteiger charge is -2.35. The zero-order valence-electron chi connectivity index (χ0n) is 23.9. The van der Waals surface area contributed by atoms with E-state index in [-0.39, 0.29) is 24.9 Å². The topological polar surface area (TPSA) is 86.8 Å². The van der Waals surface area contributed by atoms with E-state index >= 15 is 0 Å². The quantitative estimate of drug-likeness (QED) is 0.275. The van der Waals surface area contributed by atoms with Gasteiger partial charge in [-0.15, -0.1) is 0 Å². The van der Waals surface area contributed by atoms with E-state index in [0.29, 0.717) is 21.3 Å². The maximum atomic E-state index is 14.3. The van der Waals surface area contributed by atoms with Gasteiger partial charge in [0.05, 0.1) is 11.9 Å². The van der Waals surface area contributed by atoms with Gasteiger partial charge in [0, 0.05) is 29.1 Å². The van der Waals surface area contributed by atoms with Crippen molar-refractivity contribution in [2.45, 2.75) is 64.1 Å². The maximum absolute atomic E-state index is 14.3. The average Bonchev–Trinajstić information content (AvgIpc) is 2.95. The van der Waals surface area contributed by atoms with Crippen molar-refractivity contribution in [1.82, 2.24) is 10.2 Å². The molecule has 1 fully saturated rings. The molecular formula is C32H37Cl2N3O4S. The number of nitrogens with zero attached hydrogens (tertiary/aromatic N) is 2. The predicted molar refractivity (Wildman–Crippen MR) is 169 cm³/mol. The highest BCUT2D eigenvalue weighted by Crippen LogP contribution is 2.27. The Labute approximate surface area is 258 Å². The number of hydrogen-bond donors (Lipinski definition) is 1. The number of hydrogen-bond acceptors (Lipinski definition) is 4. The fourth-order valence-corrected chi connectivity index (χ4v) is 6.65. The summed E-state index contributed by atoms with van der Waals surface area (Å²) in [6.07, 6.45) is 6.33. The third-order valence-electron chi connectivity index (χ3n) is 7.58. The lowest BCUT2D eigenvalue weighted by Crippen LogP contribution is -2.55. The fraction of sp³-hybridized carbons (Fsp3) is 0.375. The van der Waals surface area contributed by atoms with Gasteiger partial charge in [-0.05, 0) is 60.7 Å². The summed E-state index contributed by atoms with van der Waals surface area (Å²) in [4.78, 5) is 29.7. The molecule has 7 nitrogen and oxygen atoms in total. The molecule has 0 heterocycles. The molecule has 10 heteroatoms. The van der Waals surface area contributed by atoms with Gasteiger partial charge in [-0.25, -0.2) is 8.42 Å². The van der Waals surface area contributed by atoms with E-state index < -0.39 is 28.5 Å². The fourth-order valence-electron chi connectivity index (χ4n) is 5.38. The molecular weight excluding hydrogens is 593 g/mol. The number of halogens is 2. The number of benzene rings is 3. The minimum Gasteiger partial charge on any atom is -0.352 e. The van der Waals surface area contributed by atoms with E-state index in [1.54, 1.807) is 37.3 Å². The summed E-state index contributed by atoms with van der Waals surface area (Å²) in [6.45, 7) is 1.33. The van der Waals surface area contributed by atoms with Gasteiger partial charge in [-0.3, -0.25) is 13.9 Å². The Kier molecular flexibility index (Phi) is 10.9. The molecule has 1 aliphatic carbocycles. The number of nitrogens with one attached hydrogen (secondary N) is 1. The van der Waals surface area contributed by atoms with Crippen LogP contribution in [0.15, 0.2) is 72.8 Å². The van der Waals surface area contributed by atoms with E-state index in [0.717, 1.165) is 53.8 Å². The number of amides is 2. The molecule has 1 N–H and O–H groups in total. The van der Waals surface area contributed by atoms with Crippen molar-refractivity contribution in [2.24, 2.45) is 0 Å². The Hall–Kier alpha value is -3.07. The zero-order valence-corrected chi connectivity index (χ0v) is 26.3. The maximum Gasteiger partial charge on any atom is 0.244 e. The minimum absolute atomic E-state index is 0.0364. The van der Waals surface area contributed by atoms with Gasteiger partial charge in [-0.1, -0.05) is 91.0 Å². The highest BCUT2D eigenvalue weighted by atomic mass is 35.5. The number of rotatable bonds is 11. The van der Waals surface area contributed by atoms with E-state index in [2.05, 4.69) is 5.32 Å². The van der Waals surface area contributed by atoms with Crippen molar-refractivity contribution in [3.8, 4) is 0 Å². The Balaban J connectivity index is 1.74. The molecule has 1 aliphatic rings. The number of sulfonamides is 1. The van der Waals surface area contributed by atoms with Crippen LogP contribution < -0.4 is 9.62 Å². The molecule has 224 valence electrons. The summed E-state index contributed by atoms with van der Waals surface area (Å²) >= 11 is 12.5. The van der Waals surface area contributed by atoms with E-state index in [1.807, 2.05) is 36.4 Å². The van der Waals surface area contributed by atoms with Crippen LogP contribution in [0.4, 0.5) is 5.69 Å². The van der Waals surface area contributed by atoms with Crippen LogP contribution in [0.1, 0.15) is 48.8 Å². The van der Waals surface area contributed by atoms with Crippen molar-refractivity contribution in [3.63, 3.8) is 0 Å². The highest BCUT2D eigenvalue weighted by Gasteiger charge is 2.34. The van der Waals surface area contributed by atoms with Gasteiger partial charge in [0.15, 0.2) is 0 Å².